The average molecular weight is 437 g/mol. The summed E-state index contributed by atoms with van der Waals surface area (Å²) in [6, 6.07) is 14.1. The lowest BCUT2D eigenvalue weighted by atomic mass is 10.0. The summed E-state index contributed by atoms with van der Waals surface area (Å²) in [4.78, 5) is 24.4. The highest BCUT2D eigenvalue weighted by molar-refractivity contribution is 5.93. The Labute approximate surface area is 184 Å². The molecule has 1 atom stereocenters. The van der Waals surface area contributed by atoms with Crippen molar-refractivity contribution in [2.45, 2.75) is 32.2 Å². The molecule has 1 aliphatic carbocycles. The monoisotopic (exact) mass is 437 g/mol. The number of carbonyl (C=O) groups excluding carboxylic acids is 1. The number of aliphatic carboxylic acids is 1. The summed E-state index contributed by atoms with van der Waals surface area (Å²) in [6.45, 7) is 2.36. The molecule has 1 amide bonds. The lowest BCUT2D eigenvalue weighted by Crippen LogP contribution is -2.30. The molecule has 0 saturated heterocycles. The number of amides is 1. The summed E-state index contributed by atoms with van der Waals surface area (Å²) in [5.41, 5.74) is 1.81. The maximum Gasteiger partial charge on any atom is 0.305 e. The fraction of sp³-hybridized carbons (Fsp3) is 0.292. The van der Waals surface area contributed by atoms with Gasteiger partial charge in [0.2, 0.25) is 5.88 Å². The van der Waals surface area contributed by atoms with E-state index >= 15 is 0 Å². The Hall–Kier alpha value is -3.68. The first-order chi connectivity index (χ1) is 15.4. The van der Waals surface area contributed by atoms with Gasteiger partial charge in [0.05, 0.1) is 19.1 Å². The minimum absolute atomic E-state index is 0.0158. The molecule has 1 saturated carbocycles. The molecule has 2 aromatic carbocycles. The summed E-state index contributed by atoms with van der Waals surface area (Å²) in [5.74, 6) is -1.39. The van der Waals surface area contributed by atoms with Gasteiger partial charge in [-0.3, -0.25) is 9.59 Å². The number of hydrogen-bond acceptors (Lipinski definition) is 4. The molecule has 8 heteroatoms. The lowest BCUT2D eigenvalue weighted by Gasteiger charge is -2.17. The molecule has 0 aliphatic heterocycles. The standard InChI is InChI=1S/C24H24FN3O4/c1-15-5-4-6-17(11-15)19(13-23(29)30)26-24(31)20-12-22(32-14-16-9-10-16)28(27-20)21-8-3-2-7-18(21)25/h2-8,11-12,16,19H,9-10,13-14H2,1H3,(H,26,31)(H,29,30)/t19-/m0/s1. The van der Waals surface area contributed by atoms with E-state index in [1.165, 1.54) is 16.8 Å². The quantitative estimate of drug-likeness (QED) is 0.527. The van der Waals surface area contributed by atoms with E-state index in [4.69, 9.17) is 4.74 Å². The van der Waals surface area contributed by atoms with Crippen LogP contribution < -0.4 is 10.1 Å². The first-order valence-electron chi connectivity index (χ1n) is 10.5. The second-order valence-corrected chi connectivity index (χ2v) is 8.02. The topological polar surface area (TPSA) is 93.5 Å². The molecule has 1 fully saturated rings. The van der Waals surface area contributed by atoms with Gasteiger partial charge in [-0.05, 0) is 43.4 Å². The van der Waals surface area contributed by atoms with Crippen LogP contribution in [0.15, 0.2) is 54.6 Å². The van der Waals surface area contributed by atoms with Crippen LogP contribution in [0.5, 0.6) is 5.88 Å². The smallest absolute Gasteiger partial charge is 0.305 e. The Kier molecular flexibility index (Phi) is 6.20. The third kappa shape index (κ3) is 5.14. The molecule has 1 heterocycles. The van der Waals surface area contributed by atoms with Crippen molar-refractivity contribution in [2.24, 2.45) is 5.92 Å². The summed E-state index contributed by atoms with van der Waals surface area (Å²) in [7, 11) is 0. The zero-order valence-electron chi connectivity index (χ0n) is 17.6. The van der Waals surface area contributed by atoms with Crippen LogP contribution in [0.2, 0.25) is 0 Å². The molecule has 2 N–H and O–H groups in total. The van der Waals surface area contributed by atoms with Gasteiger partial charge in [-0.25, -0.2) is 4.39 Å². The zero-order valence-corrected chi connectivity index (χ0v) is 17.6. The molecular formula is C24H24FN3O4. The molecule has 0 bridgehead atoms. The molecule has 0 radical (unpaired) electrons. The summed E-state index contributed by atoms with van der Waals surface area (Å²) >= 11 is 0. The highest BCUT2D eigenvalue weighted by Crippen LogP contribution is 2.31. The van der Waals surface area contributed by atoms with E-state index in [1.807, 2.05) is 25.1 Å². The van der Waals surface area contributed by atoms with Crippen LogP contribution in [0.1, 0.15) is 46.9 Å². The number of hydrogen-bond donors (Lipinski definition) is 2. The van der Waals surface area contributed by atoms with Crippen LogP contribution in [0, 0.1) is 18.7 Å². The molecule has 0 unspecified atom stereocenters. The molecule has 32 heavy (non-hydrogen) atoms. The van der Waals surface area contributed by atoms with Crippen LogP contribution in [0.4, 0.5) is 4.39 Å². The highest BCUT2D eigenvalue weighted by atomic mass is 19.1. The van der Waals surface area contributed by atoms with E-state index in [9.17, 15) is 19.1 Å². The number of halogens is 1. The predicted molar refractivity (Wildman–Crippen MR) is 115 cm³/mol. The van der Waals surface area contributed by atoms with Crippen molar-refractivity contribution in [1.29, 1.82) is 0 Å². The van der Waals surface area contributed by atoms with Crippen molar-refractivity contribution in [1.82, 2.24) is 15.1 Å². The normalized spacial score (nSPS) is 14.1. The van der Waals surface area contributed by atoms with E-state index < -0.39 is 23.7 Å². The zero-order chi connectivity index (χ0) is 22.7. The van der Waals surface area contributed by atoms with Gasteiger partial charge in [0.15, 0.2) is 5.69 Å². The maximum atomic E-state index is 14.4. The molecule has 1 aliphatic rings. The number of ether oxygens (including phenoxy) is 1. The number of carboxylic acid groups (broad SMARTS) is 1. The van der Waals surface area contributed by atoms with Crippen molar-refractivity contribution in [3.63, 3.8) is 0 Å². The van der Waals surface area contributed by atoms with Gasteiger partial charge in [0, 0.05) is 6.07 Å². The second kappa shape index (κ2) is 9.21. The first-order valence-corrected chi connectivity index (χ1v) is 10.5. The van der Waals surface area contributed by atoms with E-state index in [2.05, 4.69) is 10.4 Å². The van der Waals surface area contributed by atoms with Crippen molar-refractivity contribution in [3.8, 4) is 11.6 Å². The van der Waals surface area contributed by atoms with Gasteiger partial charge >= 0.3 is 5.97 Å². The molecule has 7 nitrogen and oxygen atoms in total. The number of nitrogens with one attached hydrogen (secondary N) is 1. The molecule has 166 valence electrons. The molecule has 3 aromatic rings. The second-order valence-electron chi connectivity index (χ2n) is 8.02. The minimum Gasteiger partial charge on any atom is -0.481 e. The number of benzene rings is 2. The predicted octanol–water partition coefficient (Wildman–Crippen LogP) is 4.05. The van der Waals surface area contributed by atoms with Gasteiger partial charge in [-0.15, -0.1) is 0 Å². The number of aromatic nitrogens is 2. The average Bonchev–Trinajstić information content (AvgIpc) is 3.49. The van der Waals surface area contributed by atoms with Crippen molar-refractivity contribution < 1.29 is 23.8 Å². The maximum absolute atomic E-state index is 14.4. The number of nitrogens with zero attached hydrogens (tertiary/aromatic N) is 2. The lowest BCUT2D eigenvalue weighted by molar-refractivity contribution is -0.137. The number of carbonyl (C=O) groups is 2. The number of para-hydroxylation sites is 1. The highest BCUT2D eigenvalue weighted by Gasteiger charge is 2.26. The molecule has 0 spiro atoms. The largest absolute Gasteiger partial charge is 0.481 e. The van der Waals surface area contributed by atoms with Crippen LogP contribution in [0.3, 0.4) is 0 Å². The van der Waals surface area contributed by atoms with E-state index in [1.54, 1.807) is 24.3 Å². The van der Waals surface area contributed by atoms with Crippen molar-refractivity contribution >= 4 is 11.9 Å². The van der Waals surface area contributed by atoms with Crippen LogP contribution in [-0.2, 0) is 4.79 Å². The van der Waals surface area contributed by atoms with Gasteiger partial charge in [-0.2, -0.15) is 9.78 Å². The summed E-state index contributed by atoms with van der Waals surface area (Å²) in [5, 5.41) is 16.3. The Bertz CT molecular complexity index is 1140. The van der Waals surface area contributed by atoms with Crippen LogP contribution >= 0.6 is 0 Å². The van der Waals surface area contributed by atoms with Crippen LogP contribution in [-0.4, -0.2) is 33.4 Å². The number of carboxylic acids is 1. The molecule has 4 rings (SSSR count). The van der Waals surface area contributed by atoms with Crippen molar-refractivity contribution in [3.05, 3.63) is 77.2 Å². The van der Waals surface area contributed by atoms with E-state index in [-0.39, 0.29) is 23.7 Å². The van der Waals surface area contributed by atoms with Crippen molar-refractivity contribution in [2.75, 3.05) is 6.61 Å². The Morgan fingerprint density at radius 2 is 2.00 bits per heavy atom. The van der Waals surface area contributed by atoms with Gasteiger partial charge in [-0.1, -0.05) is 42.0 Å². The number of aryl methyl sites for hydroxylation is 1. The fourth-order valence-electron chi connectivity index (χ4n) is 3.41. The first kappa shape index (κ1) is 21.5. The summed E-state index contributed by atoms with van der Waals surface area (Å²) < 4.78 is 21.5. The molecule has 1 aromatic heterocycles. The van der Waals surface area contributed by atoms with Gasteiger partial charge < -0.3 is 15.2 Å². The van der Waals surface area contributed by atoms with Gasteiger partial charge in [0.1, 0.15) is 11.5 Å². The summed E-state index contributed by atoms with van der Waals surface area (Å²) in [6.07, 6.45) is 1.87. The number of rotatable bonds is 9. The van der Waals surface area contributed by atoms with Crippen LogP contribution in [0.25, 0.3) is 5.69 Å². The Morgan fingerprint density at radius 1 is 1.22 bits per heavy atom. The Balaban J connectivity index is 1.62. The van der Waals surface area contributed by atoms with E-state index in [0.717, 1.165) is 18.4 Å². The Morgan fingerprint density at radius 3 is 2.69 bits per heavy atom. The SMILES string of the molecule is Cc1cccc([C@H](CC(=O)O)NC(=O)c2cc(OCC3CC3)n(-c3ccccc3F)n2)c1. The third-order valence-corrected chi connectivity index (χ3v) is 5.28. The molecular weight excluding hydrogens is 413 g/mol. The fourth-order valence-corrected chi connectivity index (χ4v) is 3.41. The van der Waals surface area contributed by atoms with Gasteiger partial charge in [0.25, 0.3) is 5.91 Å². The minimum atomic E-state index is -1.04. The van der Waals surface area contributed by atoms with E-state index in [0.29, 0.717) is 18.1 Å². The third-order valence-electron chi connectivity index (χ3n) is 5.28.